The fraction of sp³-hybridized carbons (Fsp3) is 0.278. The Morgan fingerprint density at radius 1 is 1.25 bits per heavy atom. The highest BCUT2D eigenvalue weighted by atomic mass is 127. The summed E-state index contributed by atoms with van der Waals surface area (Å²) in [4.78, 5) is 11.6. The summed E-state index contributed by atoms with van der Waals surface area (Å²) in [7, 11) is 0. The summed E-state index contributed by atoms with van der Waals surface area (Å²) in [5.41, 5.74) is 1.89. The van der Waals surface area contributed by atoms with Gasteiger partial charge in [0.25, 0.3) is 0 Å². The molecule has 0 unspecified atom stereocenters. The molecule has 2 aromatic rings. The Morgan fingerprint density at radius 2 is 2.00 bits per heavy atom. The first-order valence-corrected chi connectivity index (χ1v) is 9.80. The molecular weight excluding hydrogens is 506 g/mol. The molecule has 0 saturated carbocycles. The Morgan fingerprint density at radius 3 is 2.67 bits per heavy atom. The Bertz CT molecular complexity index is 749. The van der Waals surface area contributed by atoms with Gasteiger partial charge in [-0.15, -0.1) is 0 Å². The summed E-state index contributed by atoms with van der Waals surface area (Å²) in [6.07, 6.45) is 1.18. The van der Waals surface area contributed by atoms with Crippen LogP contribution in [0.2, 0.25) is 5.02 Å². The van der Waals surface area contributed by atoms with Gasteiger partial charge in [0.15, 0.2) is 0 Å². The lowest BCUT2D eigenvalue weighted by atomic mass is 10.1. The van der Waals surface area contributed by atoms with Crippen LogP contribution in [0.3, 0.4) is 0 Å². The standard InChI is InChI=1S/C18H17BrClIO3/c1-3-11-8-13(19)17(9-14(11)20)23-10-12-15(21)6-5-7-16(12)24-18(22)4-2/h5-9H,3-4,10H2,1-2H3. The number of halogens is 3. The zero-order chi connectivity index (χ0) is 17.7. The van der Waals surface area contributed by atoms with Crippen molar-refractivity contribution in [1.29, 1.82) is 0 Å². The summed E-state index contributed by atoms with van der Waals surface area (Å²) in [5, 5.41) is 0.677. The summed E-state index contributed by atoms with van der Waals surface area (Å²) >= 11 is 12.0. The number of ether oxygens (including phenoxy) is 2. The molecule has 0 aliphatic heterocycles. The maximum Gasteiger partial charge on any atom is 0.310 e. The minimum Gasteiger partial charge on any atom is -0.487 e. The summed E-state index contributed by atoms with van der Waals surface area (Å²) in [5.74, 6) is 0.917. The van der Waals surface area contributed by atoms with Crippen LogP contribution in [0.5, 0.6) is 11.5 Å². The molecular formula is C18H17BrClIO3. The van der Waals surface area contributed by atoms with E-state index in [1.807, 2.05) is 18.2 Å². The van der Waals surface area contributed by atoms with E-state index in [-0.39, 0.29) is 12.6 Å². The first-order valence-electron chi connectivity index (χ1n) is 7.55. The van der Waals surface area contributed by atoms with Crippen LogP contribution < -0.4 is 9.47 Å². The van der Waals surface area contributed by atoms with E-state index in [2.05, 4.69) is 45.4 Å². The van der Waals surface area contributed by atoms with Gasteiger partial charge in [0.1, 0.15) is 18.1 Å². The number of hydrogen-bond acceptors (Lipinski definition) is 3. The third kappa shape index (κ3) is 4.86. The van der Waals surface area contributed by atoms with Crippen molar-refractivity contribution in [3.63, 3.8) is 0 Å². The van der Waals surface area contributed by atoms with Crippen LogP contribution in [0.25, 0.3) is 0 Å². The number of rotatable bonds is 6. The minimum absolute atomic E-state index is 0.269. The Kier molecular flexibility index (Phi) is 7.37. The molecule has 0 amide bonds. The topological polar surface area (TPSA) is 35.5 Å². The second kappa shape index (κ2) is 9.06. The molecule has 128 valence electrons. The molecule has 0 aromatic heterocycles. The van der Waals surface area contributed by atoms with Crippen LogP contribution in [0.1, 0.15) is 31.4 Å². The smallest absolute Gasteiger partial charge is 0.310 e. The van der Waals surface area contributed by atoms with E-state index in [1.54, 1.807) is 19.1 Å². The van der Waals surface area contributed by atoms with Crippen molar-refractivity contribution in [3.05, 3.63) is 54.5 Å². The summed E-state index contributed by atoms with van der Waals surface area (Å²) < 4.78 is 13.1. The Labute approximate surface area is 168 Å². The molecule has 0 bridgehead atoms. The monoisotopic (exact) mass is 522 g/mol. The number of esters is 1. The molecule has 0 spiro atoms. The predicted octanol–water partition coefficient (Wildman–Crippen LogP) is 6.16. The maximum absolute atomic E-state index is 11.6. The average Bonchev–Trinajstić information content (AvgIpc) is 2.56. The third-order valence-corrected chi connectivity index (χ3v) is 5.42. The van der Waals surface area contributed by atoms with E-state index >= 15 is 0 Å². The van der Waals surface area contributed by atoms with Gasteiger partial charge in [-0.2, -0.15) is 0 Å². The first kappa shape index (κ1) is 19.5. The number of hydrogen-bond donors (Lipinski definition) is 0. The van der Waals surface area contributed by atoms with E-state index in [4.69, 9.17) is 21.1 Å². The van der Waals surface area contributed by atoms with Crippen LogP contribution in [-0.4, -0.2) is 5.97 Å². The van der Waals surface area contributed by atoms with Gasteiger partial charge in [-0.3, -0.25) is 4.79 Å². The van der Waals surface area contributed by atoms with Crippen molar-refractivity contribution >= 4 is 56.1 Å². The molecule has 0 radical (unpaired) electrons. The second-order valence-corrected chi connectivity index (χ2v) is 7.48. The van der Waals surface area contributed by atoms with E-state index in [9.17, 15) is 4.79 Å². The summed E-state index contributed by atoms with van der Waals surface area (Å²) in [6.45, 7) is 4.10. The highest BCUT2D eigenvalue weighted by Gasteiger charge is 2.13. The molecule has 2 aromatic carbocycles. The Balaban J connectivity index is 2.23. The summed E-state index contributed by atoms with van der Waals surface area (Å²) in [6, 6.07) is 9.34. The van der Waals surface area contributed by atoms with E-state index in [0.717, 1.165) is 25.6 Å². The molecule has 0 atom stereocenters. The minimum atomic E-state index is -0.269. The molecule has 0 heterocycles. The maximum atomic E-state index is 11.6. The lowest BCUT2D eigenvalue weighted by molar-refractivity contribution is -0.134. The molecule has 0 aliphatic carbocycles. The van der Waals surface area contributed by atoms with Gasteiger partial charge in [0, 0.05) is 26.6 Å². The van der Waals surface area contributed by atoms with Crippen LogP contribution in [0.15, 0.2) is 34.8 Å². The molecule has 3 nitrogen and oxygen atoms in total. The zero-order valence-corrected chi connectivity index (χ0v) is 17.9. The van der Waals surface area contributed by atoms with Crippen molar-refractivity contribution in [2.75, 3.05) is 0 Å². The lowest BCUT2D eigenvalue weighted by Crippen LogP contribution is -2.09. The van der Waals surface area contributed by atoms with Gasteiger partial charge in [-0.25, -0.2) is 0 Å². The van der Waals surface area contributed by atoms with Gasteiger partial charge in [0.05, 0.1) is 4.47 Å². The van der Waals surface area contributed by atoms with Gasteiger partial charge in [-0.05, 0) is 68.7 Å². The lowest BCUT2D eigenvalue weighted by Gasteiger charge is -2.14. The second-order valence-electron chi connectivity index (χ2n) is 5.06. The van der Waals surface area contributed by atoms with Crippen LogP contribution >= 0.6 is 50.1 Å². The molecule has 0 aliphatic rings. The fourth-order valence-corrected chi connectivity index (χ4v) is 3.49. The highest BCUT2D eigenvalue weighted by Crippen LogP contribution is 2.33. The predicted molar refractivity (Wildman–Crippen MR) is 108 cm³/mol. The van der Waals surface area contributed by atoms with Crippen molar-refractivity contribution in [2.45, 2.75) is 33.3 Å². The SMILES string of the molecule is CCC(=O)Oc1cccc(I)c1COc1cc(Cl)c(CC)cc1Br. The van der Waals surface area contributed by atoms with Crippen LogP contribution in [0, 0.1) is 3.57 Å². The van der Waals surface area contributed by atoms with Crippen molar-refractivity contribution in [2.24, 2.45) is 0 Å². The van der Waals surface area contributed by atoms with E-state index < -0.39 is 0 Å². The number of carbonyl (C=O) groups is 1. The van der Waals surface area contributed by atoms with Crippen molar-refractivity contribution < 1.29 is 14.3 Å². The molecule has 6 heteroatoms. The molecule has 0 N–H and O–H groups in total. The first-order chi connectivity index (χ1) is 11.5. The molecule has 24 heavy (non-hydrogen) atoms. The average molecular weight is 524 g/mol. The molecule has 0 fully saturated rings. The number of aryl methyl sites for hydroxylation is 1. The van der Waals surface area contributed by atoms with E-state index in [0.29, 0.717) is 22.9 Å². The number of carbonyl (C=O) groups excluding carboxylic acids is 1. The van der Waals surface area contributed by atoms with Gasteiger partial charge < -0.3 is 9.47 Å². The molecule has 0 saturated heterocycles. The highest BCUT2D eigenvalue weighted by molar-refractivity contribution is 14.1. The van der Waals surface area contributed by atoms with Crippen molar-refractivity contribution in [3.8, 4) is 11.5 Å². The van der Waals surface area contributed by atoms with Gasteiger partial charge in [-0.1, -0.05) is 31.5 Å². The number of benzene rings is 2. The normalized spacial score (nSPS) is 10.5. The molecule has 2 rings (SSSR count). The Hall–Kier alpha value is -0.790. The van der Waals surface area contributed by atoms with Crippen molar-refractivity contribution in [1.82, 2.24) is 0 Å². The van der Waals surface area contributed by atoms with Gasteiger partial charge >= 0.3 is 5.97 Å². The van der Waals surface area contributed by atoms with E-state index in [1.165, 1.54) is 0 Å². The fourth-order valence-electron chi connectivity index (χ4n) is 2.07. The van der Waals surface area contributed by atoms with Crippen LogP contribution in [0.4, 0.5) is 0 Å². The van der Waals surface area contributed by atoms with Crippen LogP contribution in [-0.2, 0) is 17.8 Å². The third-order valence-electron chi connectivity index (χ3n) is 3.44. The quantitative estimate of drug-likeness (QED) is 0.258. The zero-order valence-electron chi connectivity index (χ0n) is 13.4. The largest absolute Gasteiger partial charge is 0.487 e. The van der Waals surface area contributed by atoms with Gasteiger partial charge in [0.2, 0.25) is 0 Å².